The van der Waals surface area contributed by atoms with Crippen LogP contribution in [0.2, 0.25) is 0 Å². The van der Waals surface area contributed by atoms with Gasteiger partial charge in [-0.05, 0) is 59.3 Å². The van der Waals surface area contributed by atoms with Gasteiger partial charge in [0.25, 0.3) is 0 Å². The smallest absolute Gasteiger partial charge is 0.326 e. The van der Waals surface area contributed by atoms with E-state index in [-0.39, 0.29) is 5.69 Å². The van der Waals surface area contributed by atoms with Gasteiger partial charge < -0.3 is 9.72 Å². The first-order valence-electron chi connectivity index (χ1n) is 6.80. The van der Waals surface area contributed by atoms with Crippen LogP contribution in [0.4, 0.5) is 0 Å². The van der Waals surface area contributed by atoms with Crippen molar-refractivity contribution in [3.8, 4) is 5.75 Å². The number of H-pyrrole nitrogens is 1. The highest BCUT2D eigenvalue weighted by atomic mass is 127. The van der Waals surface area contributed by atoms with E-state index >= 15 is 0 Å². The Kier molecular flexibility index (Phi) is 4.28. The summed E-state index contributed by atoms with van der Waals surface area (Å²) in [6.45, 7) is 1.23. The predicted octanol–water partition coefficient (Wildman–Crippen LogP) is 3.40. The molecule has 0 bridgehead atoms. The molecule has 1 N–H and O–H groups in total. The van der Waals surface area contributed by atoms with Crippen molar-refractivity contribution in [1.29, 1.82) is 0 Å². The minimum Gasteiger partial charge on any atom is -0.493 e. The second-order valence-electron chi connectivity index (χ2n) is 4.76. The molecular formula is C16H15IN2O2. The molecule has 0 unspecified atom stereocenters. The van der Waals surface area contributed by atoms with E-state index in [1.54, 1.807) is 4.57 Å². The molecule has 1 aromatic heterocycles. The molecule has 3 aromatic rings. The maximum Gasteiger partial charge on any atom is 0.326 e. The van der Waals surface area contributed by atoms with Gasteiger partial charge in [0.05, 0.1) is 17.6 Å². The van der Waals surface area contributed by atoms with E-state index in [2.05, 4.69) is 27.6 Å². The average Bonchev–Trinajstić information content (AvgIpc) is 2.79. The molecule has 0 saturated carbocycles. The lowest BCUT2D eigenvalue weighted by molar-refractivity contribution is 0.301. The summed E-state index contributed by atoms with van der Waals surface area (Å²) in [5.74, 6) is 0.869. The molecular weight excluding hydrogens is 379 g/mol. The Morgan fingerprint density at radius 1 is 1.14 bits per heavy atom. The molecule has 0 saturated heterocycles. The zero-order valence-electron chi connectivity index (χ0n) is 11.4. The van der Waals surface area contributed by atoms with Crippen molar-refractivity contribution in [1.82, 2.24) is 9.55 Å². The number of hydrogen-bond acceptors (Lipinski definition) is 2. The fraction of sp³-hybridized carbons (Fsp3) is 0.188. The molecule has 2 aromatic carbocycles. The van der Waals surface area contributed by atoms with E-state index in [1.807, 2.05) is 48.5 Å². The van der Waals surface area contributed by atoms with Crippen molar-refractivity contribution in [3.05, 3.63) is 62.6 Å². The van der Waals surface area contributed by atoms with Crippen LogP contribution in [0.25, 0.3) is 11.0 Å². The number of hydrogen-bond donors (Lipinski definition) is 1. The van der Waals surface area contributed by atoms with Crippen molar-refractivity contribution >= 4 is 33.6 Å². The molecule has 0 radical (unpaired) electrons. The third-order valence-electron chi connectivity index (χ3n) is 3.27. The summed E-state index contributed by atoms with van der Waals surface area (Å²) in [6.07, 6.45) is 0.785. The van der Waals surface area contributed by atoms with Gasteiger partial charge in [-0.1, -0.05) is 18.2 Å². The summed E-state index contributed by atoms with van der Waals surface area (Å²) in [5.41, 5.74) is 1.75. The van der Waals surface area contributed by atoms with Crippen molar-refractivity contribution in [3.63, 3.8) is 0 Å². The third-order valence-corrected chi connectivity index (χ3v) is 3.94. The topological polar surface area (TPSA) is 47.0 Å². The van der Waals surface area contributed by atoms with E-state index in [9.17, 15) is 4.79 Å². The van der Waals surface area contributed by atoms with Crippen molar-refractivity contribution < 1.29 is 4.74 Å². The van der Waals surface area contributed by atoms with Crippen LogP contribution in [-0.2, 0) is 6.54 Å². The Labute approximate surface area is 135 Å². The minimum atomic E-state index is -0.0644. The summed E-state index contributed by atoms with van der Waals surface area (Å²) in [7, 11) is 0. The predicted molar refractivity (Wildman–Crippen MR) is 91.8 cm³/mol. The Hall–Kier alpha value is -1.76. The van der Waals surface area contributed by atoms with Gasteiger partial charge in [-0.25, -0.2) is 4.79 Å². The quantitative estimate of drug-likeness (QED) is 0.533. The Morgan fingerprint density at radius 2 is 2.00 bits per heavy atom. The molecule has 5 heteroatoms. The van der Waals surface area contributed by atoms with E-state index in [4.69, 9.17) is 4.74 Å². The summed E-state index contributed by atoms with van der Waals surface area (Å²) < 4.78 is 8.61. The summed E-state index contributed by atoms with van der Waals surface area (Å²) in [6, 6.07) is 15.7. The van der Waals surface area contributed by atoms with Crippen molar-refractivity contribution in [2.45, 2.75) is 13.0 Å². The van der Waals surface area contributed by atoms with Crippen LogP contribution < -0.4 is 10.4 Å². The van der Waals surface area contributed by atoms with Gasteiger partial charge in [0.15, 0.2) is 0 Å². The molecule has 0 aliphatic carbocycles. The summed E-state index contributed by atoms with van der Waals surface area (Å²) in [5, 5.41) is 0. The first-order chi connectivity index (χ1) is 10.2. The molecule has 108 valence electrons. The fourth-order valence-corrected chi connectivity index (χ4v) is 2.81. The monoisotopic (exact) mass is 394 g/mol. The highest BCUT2D eigenvalue weighted by molar-refractivity contribution is 14.1. The number of imidazole rings is 1. The number of benzene rings is 2. The Bertz CT molecular complexity index is 807. The number of halogens is 1. The van der Waals surface area contributed by atoms with Gasteiger partial charge in [0.1, 0.15) is 5.75 Å². The molecule has 0 aliphatic rings. The fourth-order valence-electron chi connectivity index (χ4n) is 2.30. The summed E-state index contributed by atoms with van der Waals surface area (Å²) in [4.78, 5) is 14.8. The van der Waals surface area contributed by atoms with Crippen LogP contribution in [0.1, 0.15) is 6.42 Å². The van der Waals surface area contributed by atoms with E-state index in [0.29, 0.717) is 13.2 Å². The number of aryl methyl sites for hydroxylation is 1. The molecule has 21 heavy (non-hydrogen) atoms. The molecule has 0 fully saturated rings. The zero-order chi connectivity index (χ0) is 14.7. The number of ether oxygens (including phenoxy) is 1. The van der Waals surface area contributed by atoms with Crippen LogP contribution in [0, 0.1) is 3.57 Å². The lowest BCUT2D eigenvalue weighted by Gasteiger charge is -2.07. The summed E-state index contributed by atoms with van der Waals surface area (Å²) >= 11 is 2.26. The van der Waals surface area contributed by atoms with Crippen LogP contribution in [0.3, 0.4) is 0 Å². The van der Waals surface area contributed by atoms with E-state index in [0.717, 1.165) is 26.8 Å². The number of para-hydroxylation sites is 2. The molecule has 4 nitrogen and oxygen atoms in total. The number of aromatic nitrogens is 2. The first kappa shape index (κ1) is 14.2. The van der Waals surface area contributed by atoms with E-state index < -0.39 is 0 Å². The van der Waals surface area contributed by atoms with Crippen LogP contribution in [0.5, 0.6) is 5.75 Å². The maximum atomic E-state index is 11.9. The second-order valence-corrected chi connectivity index (χ2v) is 6.00. The minimum absolute atomic E-state index is 0.0644. The number of rotatable bonds is 5. The van der Waals surface area contributed by atoms with Gasteiger partial charge in [-0.15, -0.1) is 0 Å². The maximum absolute atomic E-state index is 11.9. The Balaban J connectivity index is 1.62. The number of nitrogens with zero attached hydrogens (tertiary/aromatic N) is 1. The Morgan fingerprint density at radius 3 is 2.86 bits per heavy atom. The van der Waals surface area contributed by atoms with Crippen LogP contribution in [0.15, 0.2) is 53.3 Å². The van der Waals surface area contributed by atoms with Crippen molar-refractivity contribution in [2.24, 2.45) is 0 Å². The van der Waals surface area contributed by atoms with Gasteiger partial charge in [-0.3, -0.25) is 4.57 Å². The third kappa shape index (κ3) is 3.29. The van der Waals surface area contributed by atoms with E-state index in [1.165, 1.54) is 0 Å². The number of nitrogens with one attached hydrogen (secondary N) is 1. The van der Waals surface area contributed by atoms with Gasteiger partial charge in [-0.2, -0.15) is 0 Å². The molecule has 0 spiro atoms. The standard InChI is InChI=1S/C16H15IN2O2/c17-12-5-3-6-13(11-12)21-10-4-9-19-15-8-2-1-7-14(15)18-16(19)20/h1-3,5-8,11H,4,9-10H2,(H,18,20). The lowest BCUT2D eigenvalue weighted by atomic mass is 10.3. The lowest BCUT2D eigenvalue weighted by Crippen LogP contribution is -2.18. The molecule has 0 aliphatic heterocycles. The SMILES string of the molecule is O=c1[nH]c2ccccc2n1CCCOc1cccc(I)c1. The molecule has 0 amide bonds. The first-order valence-corrected chi connectivity index (χ1v) is 7.88. The van der Waals surface area contributed by atoms with Gasteiger partial charge in [0.2, 0.25) is 0 Å². The highest BCUT2D eigenvalue weighted by Crippen LogP contribution is 2.15. The average molecular weight is 394 g/mol. The molecule has 3 rings (SSSR count). The van der Waals surface area contributed by atoms with Gasteiger partial charge >= 0.3 is 5.69 Å². The molecule has 0 atom stereocenters. The van der Waals surface area contributed by atoms with Gasteiger partial charge in [0, 0.05) is 10.1 Å². The highest BCUT2D eigenvalue weighted by Gasteiger charge is 2.05. The molecule has 1 heterocycles. The number of aromatic amines is 1. The normalized spacial score (nSPS) is 10.9. The second kappa shape index (κ2) is 6.34. The number of fused-ring (bicyclic) bond motifs is 1. The largest absolute Gasteiger partial charge is 0.493 e. The zero-order valence-corrected chi connectivity index (χ0v) is 13.5. The van der Waals surface area contributed by atoms with Crippen molar-refractivity contribution in [2.75, 3.05) is 6.61 Å². The van der Waals surface area contributed by atoms with Crippen LogP contribution in [-0.4, -0.2) is 16.2 Å². The van der Waals surface area contributed by atoms with Crippen LogP contribution >= 0.6 is 22.6 Å².